The molecule has 0 amide bonds. The van der Waals surface area contributed by atoms with Crippen LogP contribution in [0.3, 0.4) is 0 Å². The van der Waals surface area contributed by atoms with Gasteiger partial charge in [-0.1, -0.05) is 18.2 Å². The summed E-state index contributed by atoms with van der Waals surface area (Å²) in [5, 5.41) is 8.54. The van der Waals surface area contributed by atoms with Crippen LogP contribution in [0.15, 0.2) is 45.9 Å². The Morgan fingerprint density at radius 2 is 2.00 bits per heavy atom. The highest BCUT2D eigenvalue weighted by atomic mass is 32.2. The van der Waals surface area contributed by atoms with Gasteiger partial charge in [0.05, 0.1) is 0 Å². The van der Waals surface area contributed by atoms with Crippen LogP contribution in [0.4, 0.5) is 4.39 Å². The molecule has 0 saturated carbocycles. The molecule has 0 fully saturated rings. The van der Waals surface area contributed by atoms with E-state index in [1.807, 2.05) is 0 Å². The van der Waals surface area contributed by atoms with Crippen LogP contribution in [0.25, 0.3) is 0 Å². The first-order chi connectivity index (χ1) is 9.44. The zero-order valence-corrected chi connectivity index (χ0v) is 11.5. The van der Waals surface area contributed by atoms with E-state index >= 15 is 0 Å². The predicted molar refractivity (Wildman–Crippen MR) is 69.8 cm³/mol. The van der Waals surface area contributed by atoms with Crippen LogP contribution in [0.2, 0.25) is 0 Å². The number of hydrogen-bond donors (Lipinski definition) is 2. The van der Waals surface area contributed by atoms with Gasteiger partial charge in [0.1, 0.15) is 18.2 Å². The summed E-state index contributed by atoms with van der Waals surface area (Å²) in [5.74, 6) is -0.345. The molecule has 7 heteroatoms. The molecular formula is C13H14FNO4S. The first-order valence-corrected chi connectivity index (χ1v) is 7.38. The normalized spacial score (nSPS) is 13.3. The van der Waals surface area contributed by atoms with Crippen molar-refractivity contribution in [3.05, 3.63) is 53.5 Å². The summed E-state index contributed by atoms with van der Waals surface area (Å²) >= 11 is 0. The number of benzene rings is 1. The van der Waals surface area contributed by atoms with Crippen molar-refractivity contribution in [2.75, 3.05) is 0 Å². The second-order valence-electron chi connectivity index (χ2n) is 4.24. The molecule has 2 rings (SSSR count). The van der Waals surface area contributed by atoms with Gasteiger partial charge in [-0.05, 0) is 25.1 Å². The lowest BCUT2D eigenvalue weighted by molar-refractivity contribution is 0.236. The molecule has 1 aromatic carbocycles. The Morgan fingerprint density at radius 1 is 1.30 bits per heavy atom. The first kappa shape index (κ1) is 14.7. The van der Waals surface area contributed by atoms with Gasteiger partial charge < -0.3 is 9.52 Å². The van der Waals surface area contributed by atoms with E-state index in [0.29, 0.717) is 0 Å². The Morgan fingerprint density at radius 3 is 2.60 bits per heavy atom. The van der Waals surface area contributed by atoms with Gasteiger partial charge in [-0.25, -0.2) is 17.5 Å². The number of rotatable bonds is 5. The van der Waals surface area contributed by atoms with Gasteiger partial charge >= 0.3 is 0 Å². The van der Waals surface area contributed by atoms with Crippen LogP contribution >= 0.6 is 0 Å². The van der Waals surface area contributed by atoms with E-state index in [1.54, 1.807) is 6.07 Å². The molecular weight excluding hydrogens is 285 g/mol. The van der Waals surface area contributed by atoms with Gasteiger partial charge in [0, 0.05) is 11.6 Å². The second kappa shape index (κ2) is 5.74. The van der Waals surface area contributed by atoms with Crippen LogP contribution in [0, 0.1) is 5.82 Å². The minimum absolute atomic E-state index is 0.143. The quantitative estimate of drug-likeness (QED) is 0.884. The summed E-state index contributed by atoms with van der Waals surface area (Å²) in [6.07, 6.45) is 0. The summed E-state index contributed by atoms with van der Waals surface area (Å²) in [5.41, 5.74) is 0.241. The van der Waals surface area contributed by atoms with E-state index in [-0.39, 0.29) is 16.4 Å². The highest BCUT2D eigenvalue weighted by molar-refractivity contribution is 7.89. The Balaban J connectivity index is 2.22. The van der Waals surface area contributed by atoms with Crippen molar-refractivity contribution in [2.24, 2.45) is 0 Å². The molecule has 1 unspecified atom stereocenters. The summed E-state index contributed by atoms with van der Waals surface area (Å²) in [7, 11) is -3.91. The van der Waals surface area contributed by atoms with Gasteiger partial charge in [-0.3, -0.25) is 0 Å². The second-order valence-corrected chi connectivity index (χ2v) is 5.89. The minimum atomic E-state index is -3.91. The molecule has 0 radical (unpaired) electrons. The fourth-order valence-corrected chi connectivity index (χ4v) is 2.94. The number of sulfonamides is 1. The Hall–Kier alpha value is -1.70. The van der Waals surface area contributed by atoms with Crippen molar-refractivity contribution < 1.29 is 22.3 Å². The number of aliphatic hydroxyl groups is 1. The Kier molecular flexibility index (Phi) is 4.22. The molecule has 0 bridgehead atoms. The monoisotopic (exact) mass is 299 g/mol. The molecule has 1 atom stereocenters. The van der Waals surface area contributed by atoms with Crippen LogP contribution in [-0.2, 0) is 16.6 Å². The largest absolute Gasteiger partial charge is 0.446 e. The lowest BCUT2D eigenvalue weighted by Gasteiger charge is -2.14. The summed E-state index contributed by atoms with van der Waals surface area (Å²) in [6, 6.07) is 7.77. The standard InChI is InChI=1S/C13H14FNO4S/c1-9(11-4-2-3-5-12(11)14)15-20(17,18)13-7-6-10(8-16)19-13/h2-7,9,15-16H,8H2,1H3. The maximum atomic E-state index is 13.6. The van der Waals surface area contributed by atoms with E-state index in [4.69, 9.17) is 9.52 Å². The number of hydrogen-bond acceptors (Lipinski definition) is 4. The van der Waals surface area contributed by atoms with Crippen molar-refractivity contribution in [2.45, 2.75) is 24.7 Å². The summed E-state index contributed by atoms with van der Waals surface area (Å²) in [6.45, 7) is 1.14. The topological polar surface area (TPSA) is 79.5 Å². The average molecular weight is 299 g/mol. The van der Waals surface area contributed by atoms with Crippen LogP contribution < -0.4 is 4.72 Å². The molecule has 2 N–H and O–H groups in total. The van der Waals surface area contributed by atoms with E-state index in [9.17, 15) is 12.8 Å². The SMILES string of the molecule is CC(NS(=O)(=O)c1ccc(CO)o1)c1ccccc1F. The predicted octanol–water partition coefficient (Wildman–Crippen LogP) is 1.95. The zero-order chi connectivity index (χ0) is 14.8. The highest BCUT2D eigenvalue weighted by Gasteiger charge is 2.23. The van der Waals surface area contributed by atoms with Crippen molar-refractivity contribution in [1.29, 1.82) is 0 Å². The maximum Gasteiger partial charge on any atom is 0.274 e. The minimum Gasteiger partial charge on any atom is -0.446 e. The van der Waals surface area contributed by atoms with E-state index < -0.39 is 28.5 Å². The van der Waals surface area contributed by atoms with E-state index in [1.165, 1.54) is 37.3 Å². The van der Waals surface area contributed by atoms with Gasteiger partial charge in [0.15, 0.2) is 0 Å². The molecule has 0 saturated heterocycles. The van der Waals surface area contributed by atoms with Crippen molar-refractivity contribution >= 4 is 10.0 Å². The fraction of sp³-hybridized carbons (Fsp3) is 0.231. The molecule has 2 aromatic rings. The van der Waals surface area contributed by atoms with Gasteiger partial charge in [0.25, 0.3) is 10.0 Å². The highest BCUT2D eigenvalue weighted by Crippen LogP contribution is 2.20. The fourth-order valence-electron chi connectivity index (χ4n) is 1.77. The molecule has 5 nitrogen and oxygen atoms in total. The Bertz CT molecular complexity index is 696. The smallest absolute Gasteiger partial charge is 0.274 e. The van der Waals surface area contributed by atoms with Gasteiger partial charge in [-0.15, -0.1) is 0 Å². The lowest BCUT2D eigenvalue weighted by atomic mass is 10.1. The number of aliphatic hydroxyl groups excluding tert-OH is 1. The van der Waals surface area contributed by atoms with E-state index in [0.717, 1.165) is 0 Å². The average Bonchev–Trinajstić information content (AvgIpc) is 2.88. The summed E-state index contributed by atoms with van der Waals surface area (Å²) in [4.78, 5) is 0. The Labute approximate surface area is 116 Å². The van der Waals surface area contributed by atoms with Gasteiger partial charge in [0.2, 0.25) is 5.09 Å². The summed E-state index contributed by atoms with van der Waals surface area (Å²) < 4.78 is 45.0. The number of nitrogens with one attached hydrogen (secondary N) is 1. The molecule has 0 aliphatic rings. The molecule has 20 heavy (non-hydrogen) atoms. The number of halogens is 1. The third-order valence-electron chi connectivity index (χ3n) is 2.76. The van der Waals surface area contributed by atoms with Gasteiger partial charge in [-0.2, -0.15) is 0 Å². The first-order valence-electron chi connectivity index (χ1n) is 5.90. The molecule has 1 heterocycles. The third kappa shape index (κ3) is 3.06. The molecule has 0 spiro atoms. The molecule has 0 aliphatic carbocycles. The van der Waals surface area contributed by atoms with Crippen LogP contribution in [-0.4, -0.2) is 13.5 Å². The van der Waals surface area contributed by atoms with Crippen LogP contribution in [0.1, 0.15) is 24.3 Å². The van der Waals surface area contributed by atoms with Crippen molar-refractivity contribution in [3.8, 4) is 0 Å². The van der Waals surface area contributed by atoms with Crippen LogP contribution in [0.5, 0.6) is 0 Å². The van der Waals surface area contributed by atoms with Crippen molar-refractivity contribution in [3.63, 3.8) is 0 Å². The van der Waals surface area contributed by atoms with Crippen molar-refractivity contribution in [1.82, 2.24) is 4.72 Å². The lowest BCUT2D eigenvalue weighted by Crippen LogP contribution is -2.27. The third-order valence-corrected chi connectivity index (χ3v) is 4.17. The number of furan rings is 1. The van der Waals surface area contributed by atoms with E-state index in [2.05, 4.69) is 4.72 Å². The molecule has 0 aliphatic heterocycles. The maximum absolute atomic E-state index is 13.6. The molecule has 1 aromatic heterocycles. The molecule has 108 valence electrons. The zero-order valence-electron chi connectivity index (χ0n) is 10.7.